The molecular weight excluding hydrogens is 423 g/mol. The van der Waals surface area contributed by atoms with Crippen LogP contribution in [-0.4, -0.2) is 23.9 Å². The Hall–Kier alpha value is -1.07. The molecule has 0 aromatic heterocycles. The van der Waals surface area contributed by atoms with Gasteiger partial charge in [0.05, 0.1) is 0 Å². The van der Waals surface area contributed by atoms with Gasteiger partial charge in [-0.2, -0.15) is 0 Å². The Morgan fingerprint density at radius 2 is 1.80 bits per heavy atom. The second-order valence-electron chi connectivity index (χ2n) is 6.28. The maximum absolute atomic E-state index is 12.4. The molecule has 0 radical (unpaired) electrons. The monoisotopic (exact) mass is 440 g/mol. The van der Waals surface area contributed by atoms with Gasteiger partial charge >= 0.3 is 0 Å². The SMILES string of the molecule is O=C(Nc1ccc(Br)cc1)C1CCN(Cc2ccc(Cl)cc2Cl)CC1. The van der Waals surface area contributed by atoms with Crippen molar-refractivity contribution >= 4 is 50.7 Å². The molecule has 132 valence electrons. The van der Waals surface area contributed by atoms with Crippen molar-refractivity contribution in [3.05, 3.63) is 62.5 Å². The van der Waals surface area contributed by atoms with Gasteiger partial charge in [-0.15, -0.1) is 0 Å². The summed E-state index contributed by atoms with van der Waals surface area (Å²) in [7, 11) is 0. The molecule has 1 aliphatic rings. The molecule has 0 atom stereocenters. The zero-order valence-electron chi connectivity index (χ0n) is 13.6. The molecule has 0 saturated carbocycles. The van der Waals surface area contributed by atoms with Crippen molar-refractivity contribution in [2.24, 2.45) is 5.92 Å². The third kappa shape index (κ3) is 5.20. The lowest BCUT2D eigenvalue weighted by molar-refractivity contribution is -0.121. The Bertz CT molecular complexity index is 744. The number of likely N-dealkylation sites (tertiary alicyclic amines) is 1. The average molecular weight is 442 g/mol. The maximum Gasteiger partial charge on any atom is 0.227 e. The molecule has 0 bridgehead atoms. The molecule has 0 unspecified atom stereocenters. The summed E-state index contributed by atoms with van der Waals surface area (Å²) in [6.07, 6.45) is 1.71. The molecule has 0 aliphatic carbocycles. The number of carbonyl (C=O) groups is 1. The Morgan fingerprint density at radius 3 is 2.44 bits per heavy atom. The average Bonchev–Trinajstić information content (AvgIpc) is 2.60. The Labute approximate surface area is 166 Å². The third-order valence-corrected chi connectivity index (χ3v) is 5.59. The number of rotatable bonds is 4. The molecule has 3 nitrogen and oxygen atoms in total. The highest BCUT2D eigenvalue weighted by molar-refractivity contribution is 9.10. The minimum absolute atomic E-state index is 0.0561. The van der Waals surface area contributed by atoms with E-state index in [0.29, 0.717) is 10.0 Å². The smallest absolute Gasteiger partial charge is 0.227 e. The predicted molar refractivity (Wildman–Crippen MR) is 107 cm³/mol. The minimum atomic E-state index is 0.0561. The molecule has 2 aromatic rings. The summed E-state index contributed by atoms with van der Waals surface area (Å²) in [6.45, 7) is 2.56. The fraction of sp³-hybridized carbons (Fsp3) is 0.316. The van der Waals surface area contributed by atoms with Crippen LogP contribution < -0.4 is 5.32 Å². The lowest BCUT2D eigenvalue weighted by atomic mass is 9.95. The number of piperidine rings is 1. The van der Waals surface area contributed by atoms with E-state index in [1.54, 1.807) is 6.07 Å². The lowest BCUT2D eigenvalue weighted by Crippen LogP contribution is -2.37. The molecule has 1 aliphatic heterocycles. The number of nitrogens with zero attached hydrogens (tertiary/aromatic N) is 1. The molecule has 0 spiro atoms. The van der Waals surface area contributed by atoms with Gasteiger partial charge in [-0.05, 0) is 67.9 Å². The predicted octanol–water partition coefficient (Wildman–Crippen LogP) is 5.61. The molecule has 6 heteroatoms. The highest BCUT2D eigenvalue weighted by Gasteiger charge is 2.25. The topological polar surface area (TPSA) is 32.3 Å². The van der Waals surface area contributed by atoms with Gasteiger partial charge in [0, 0.05) is 32.7 Å². The van der Waals surface area contributed by atoms with Crippen molar-refractivity contribution in [2.75, 3.05) is 18.4 Å². The first-order valence-electron chi connectivity index (χ1n) is 8.24. The van der Waals surface area contributed by atoms with Crippen LogP contribution in [0, 0.1) is 5.92 Å². The number of nitrogens with one attached hydrogen (secondary N) is 1. The van der Waals surface area contributed by atoms with Crippen LogP contribution in [0.1, 0.15) is 18.4 Å². The van der Waals surface area contributed by atoms with Gasteiger partial charge in [0.2, 0.25) is 5.91 Å². The van der Waals surface area contributed by atoms with Gasteiger partial charge in [-0.3, -0.25) is 9.69 Å². The second kappa shape index (κ2) is 8.54. The zero-order valence-corrected chi connectivity index (χ0v) is 16.7. The van der Waals surface area contributed by atoms with E-state index in [1.807, 2.05) is 36.4 Å². The maximum atomic E-state index is 12.4. The molecule has 1 fully saturated rings. The molecule has 2 aromatic carbocycles. The summed E-state index contributed by atoms with van der Waals surface area (Å²) in [6, 6.07) is 13.3. The van der Waals surface area contributed by atoms with E-state index in [9.17, 15) is 4.79 Å². The molecular formula is C19H19BrCl2N2O. The Morgan fingerprint density at radius 1 is 1.12 bits per heavy atom. The van der Waals surface area contributed by atoms with E-state index in [2.05, 4.69) is 26.1 Å². The quantitative estimate of drug-likeness (QED) is 0.668. The van der Waals surface area contributed by atoms with Crippen molar-refractivity contribution in [1.29, 1.82) is 0 Å². The van der Waals surface area contributed by atoms with Gasteiger partial charge in [-0.1, -0.05) is 45.2 Å². The number of halogens is 3. The third-order valence-electron chi connectivity index (χ3n) is 4.48. The van der Waals surface area contributed by atoms with Crippen molar-refractivity contribution in [2.45, 2.75) is 19.4 Å². The fourth-order valence-corrected chi connectivity index (χ4v) is 3.75. The van der Waals surface area contributed by atoms with Crippen molar-refractivity contribution in [1.82, 2.24) is 4.90 Å². The van der Waals surface area contributed by atoms with E-state index in [1.165, 1.54) is 0 Å². The second-order valence-corrected chi connectivity index (χ2v) is 8.04. The molecule has 25 heavy (non-hydrogen) atoms. The first kappa shape index (κ1) is 18.7. The number of benzene rings is 2. The summed E-state index contributed by atoms with van der Waals surface area (Å²) in [4.78, 5) is 14.8. The first-order chi connectivity index (χ1) is 12.0. The van der Waals surface area contributed by atoms with Crippen LogP contribution in [0.4, 0.5) is 5.69 Å². The van der Waals surface area contributed by atoms with Crippen LogP contribution in [0.3, 0.4) is 0 Å². The summed E-state index contributed by atoms with van der Waals surface area (Å²) in [5.41, 5.74) is 1.91. The highest BCUT2D eigenvalue weighted by Crippen LogP contribution is 2.25. The summed E-state index contributed by atoms with van der Waals surface area (Å²) >= 11 is 15.6. The number of amides is 1. The summed E-state index contributed by atoms with van der Waals surface area (Å²) in [5, 5.41) is 4.35. The normalized spacial score (nSPS) is 16.0. The fourth-order valence-electron chi connectivity index (χ4n) is 3.02. The number of hydrogen-bond donors (Lipinski definition) is 1. The van der Waals surface area contributed by atoms with E-state index in [-0.39, 0.29) is 11.8 Å². The lowest BCUT2D eigenvalue weighted by Gasteiger charge is -2.31. The van der Waals surface area contributed by atoms with Crippen LogP contribution in [-0.2, 0) is 11.3 Å². The zero-order chi connectivity index (χ0) is 17.8. The van der Waals surface area contributed by atoms with Gasteiger partial charge in [0.1, 0.15) is 0 Å². The molecule has 1 amide bonds. The van der Waals surface area contributed by atoms with Crippen LogP contribution >= 0.6 is 39.1 Å². The van der Waals surface area contributed by atoms with Gasteiger partial charge < -0.3 is 5.32 Å². The number of carbonyl (C=O) groups excluding carboxylic acids is 1. The van der Waals surface area contributed by atoms with Crippen LogP contribution in [0.15, 0.2) is 46.9 Å². The first-order valence-corrected chi connectivity index (χ1v) is 9.79. The minimum Gasteiger partial charge on any atom is -0.326 e. The summed E-state index contributed by atoms with van der Waals surface area (Å²) in [5.74, 6) is 0.159. The summed E-state index contributed by atoms with van der Waals surface area (Å²) < 4.78 is 1.000. The molecule has 3 rings (SSSR count). The van der Waals surface area contributed by atoms with E-state index in [4.69, 9.17) is 23.2 Å². The van der Waals surface area contributed by atoms with Gasteiger partial charge in [0.15, 0.2) is 0 Å². The highest BCUT2D eigenvalue weighted by atomic mass is 79.9. The standard InChI is InChI=1S/C19H19BrCl2N2O/c20-15-2-5-17(6-3-15)23-19(25)13-7-9-24(10-8-13)12-14-1-4-16(21)11-18(14)22/h1-6,11,13H,7-10,12H2,(H,23,25). The van der Waals surface area contributed by atoms with Crippen molar-refractivity contribution < 1.29 is 4.79 Å². The van der Waals surface area contributed by atoms with E-state index >= 15 is 0 Å². The van der Waals surface area contributed by atoms with Crippen molar-refractivity contribution in [3.63, 3.8) is 0 Å². The molecule has 1 N–H and O–H groups in total. The molecule has 1 heterocycles. The Balaban J connectivity index is 1.51. The van der Waals surface area contributed by atoms with Crippen LogP contribution in [0.25, 0.3) is 0 Å². The number of anilines is 1. The number of hydrogen-bond acceptors (Lipinski definition) is 2. The van der Waals surface area contributed by atoms with Crippen LogP contribution in [0.5, 0.6) is 0 Å². The van der Waals surface area contributed by atoms with E-state index < -0.39 is 0 Å². The van der Waals surface area contributed by atoms with Gasteiger partial charge in [0.25, 0.3) is 0 Å². The largest absolute Gasteiger partial charge is 0.326 e. The van der Waals surface area contributed by atoms with Gasteiger partial charge in [-0.25, -0.2) is 0 Å². The van der Waals surface area contributed by atoms with Crippen LogP contribution in [0.2, 0.25) is 10.0 Å². The Kier molecular flexibility index (Phi) is 6.39. The molecule has 1 saturated heterocycles. The van der Waals surface area contributed by atoms with Crippen molar-refractivity contribution in [3.8, 4) is 0 Å². The van der Waals surface area contributed by atoms with E-state index in [0.717, 1.165) is 48.2 Å².